The summed E-state index contributed by atoms with van der Waals surface area (Å²) in [6.45, 7) is 3.15. The van der Waals surface area contributed by atoms with Gasteiger partial charge in [0.25, 0.3) is 0 Å². The Labute approximate surface area is 148 Å². The van der Waals surface area contributed by atoms with Crippen molar-refractivity contribution in [2.45, 2.75) is 12.2 Å². The van der Waals surface area contributed by atoms with Gasteiger partial charge in [-0.2, -0.15) is 11.8 Å². The molecule has 24 heavy (non-hydrogen) atoms. The standard InChI is InChI=1S/C20H25NO2S/c22-19(15-21-11-13-24-14-12-21)16-23-20(17-7-3-1-4-8-17)18-9-5-2-6-10-18/h1-10,19-20,22H,11-16H2. The van der Waals surface area contributed by atoms with Gasteiger partial charge in [-0.1, -0.05) is 60.7 Å². The van der Waals surface area contributed by atoms with Crippen LogP contribution in [0.4, 0.5) is 0 Å². The summed E-state index contributed by atoms with van der Waals surface area (Å²) in [5, 5.41) is 10.4. The van der Waals surface area contributed by atoms with Crippen LogP contribution in [0.3, 0.4) is 0 Å². The van der Waals surface area contributed by atoms with E-state index < -0.39 is 6.10 Å². The van der Waals surface area contributed by atoms with Crippen LogP contribution >= 0.6 is 11.8 Å². The fraction of sp³-hybridized carbons (Fsp3) is 0.400. The van der Waals surface area contributed by atoms with Gasteiger partial charge in [0.05, 0.1) is 12.7 Å². The monoisotopic (exact) mass is 343 g/mol. The first-order valence-corrected chi connectivity index (χ1v) is 9.68. The second-order valence-corrected chi connectivity index (χ2v) is 7.33. The first kappa shape index (κ1) is 17.5. The Morgan fingerprint density at radius 3 is 2.00 bits per heavy atom. The lowest BCUT2D eigenvalue weighted by Gasteiger charge is -2.29. The summed E-state index contributed by atoms with van der Waals surface area (Å²) in [5.74, 6) is 2.31. The minimum atomic E-state index is -0.456. The first-order valence-electron chi connectivity index (χ1n) is 8.52. The molecule has 128 valence electrons. The molecule has 0 saturated carbocycles. The van der Waals surface area contributed by atoms with Gasteiger partial charge in [-0.3, -0.25) is 4.90 Å². The number of aliphatic hydroxyl groups excluding tert-OH is 1. The lowest BCUT2D eigenvalue weighted by atomic mass is 10.0. The Balaban J connectivity index is 1.62. The molecule has 3 nitrogen and oxygen atoms in total. The Bertz CT molecular complexity index is 548. The third-order valence-corrected chi connectivity index (χ3v) is 5.18. The predicted molar refractivity (Wildman–Crippen MR) is 100 cm³/mol. The Morgan fingerprint density at radius 2 is 1.46 bits per heavy atom. The van der Waals surface area contributed by atoms with E-state index in [1.165, 1.54) is 0 Å². The summed E-state index contributed by atoms with van der Waals surface area (Å²) >= 11 is 1.98. The zero-order valence-electron chi connectivity index (χ0n) is 13.9. The number of β-amino-alcohol motifs (C(OH)–C–C–N with tert-alkyl or cyclic N) is 1. The Hall–Kier alpha value is -1.33. The van der Waals surface area contributed by atoms with Crippen LogP contribution in [0.5, 0.6) is 0 Å². The normalized spacial score (nSPS) is 17.1. The van der Waals surface area contributed by atoms with Crippen LogP contribution < -0.4 is 0 Å². The molecule has 1 unspecified atom stereocenters. The molecule has 3 rings (SSSR count). The highest BCUT2D eigenvalue weighted by Crippen LogP contribution is 2.26. The summed E-state index contributed by atoms with van der Waals surface area (Å²) in [6.07, 6.45) is -0.595. The molecule has 2 aromatic rings. The van der Waals surface area contributed by atoms with Gasteiger partial charge in [0.15, 0.2) is 0 Å². The lowest BCUT2D eigenvalue weighted by Crippen LogP contribution is -2.40. The van der Waals surface area contributed by atoms with Crippen LogP contribution in [-0.4, -0.2) is 53.9 Å². The molecular weight excluding hydrogens is 318 g/mol. The average Bonchev–Trinajstić information content (AvgIpc) is 2.64. The fourth-order valence-electron chi connectivity index (χ4n) is 2.98. The number of ether oxygens (including phenoxy) is 1. The SMILES string of the molecule is OC(COC(c1ccccc1)c1ccccc1)CN1CCSCC1. The fourth-order valence-corrected chi connectivity index (χ4v) is 3.96. The summed E-state index contributed by atoms with van der Waals surface area (Å²) in [4.78, 5) is 2.32. The Morgan fingerprint density at radius 1 is 0.917 bits per heavy atom. The van der Waals surface area contributed by atoms with Gasteiger partial charge in [0, 0.05) is 31.1 Å². The molecule has 2 aromatic carbocycles. The number of benzene rings is 2. The minimum Gasteiger partial charge on any atom is -0.389 e. The zero-order valence-corrected chi connectivity index (χ0v) is 14.7. The van der Waals surface area contributed by atoms with E-state index >= 15 is 0 Å². The van der Waals surface area contributed by atoms with Gasteiger partial charge in [0.1, 0.15) is 6.10 Å². The highest BCUT2D eigenvalue weighted by atomic mass is 32.2. The average molecular weight is 343 g/mol. The maximum atomic E-state index is 10.4. The number of thioether (sulfide) groups is 1. The van der Waals surface area contributed by atoms with Crippen molar-refractivity contribution >= 4 is 11.8 Å². The number of hydrogen-bond acceptors (Lipinski definition) is 4. The number of rotatable bonds is 7. The van der Waals surface area contributed by atoms with Crippen molar-refractivity contribution in [2.24, 2.45) is 0 Å². The van der Waals surface area contributed by atoms with Crippen molar-refractivity contribution in [3.8, 4) is 0 Å². The molecule has 0 aromatic heterocycles. The van der Waals surface area contributed by atoms with Crippen LogP contribution in [0, 0.1) is 0 Å². The topological polar surface area (TPSA) is 32.7 Å². The zero-order chi connectivity index (χ0) is 16.6. The van der Waals surface area contributed by atoms with E-state index in [-0.39, 0.29) is 6.10 Å². The first-order chi connectivity index (χ1) is 11.8. The molecule has 0 bridgehead atoms. The van der Waals surface area contributed by atoms with E-state index in [2.05, 4.69) is 29.2 Å². The van der Waals surface area contributed by atoms with Crippen LogP contribution in [-0.2, 0) is 4.74 Å². The van der Waals surface area contributed by atoms with Crippen molar-refractivity contribution in [1.82, 2.24) is 4.90 Å². The summed E-state index contributed by atoms with van der Waals surface area (Å²) < 4.78 is 6.14. The highest BCUT2D eigenvalue weighted by molar-refractivity contribution is 7.99. The Kier molecular flexibility index (Phi) is 6.73. The number of aliphatic hydroxyl groups is 1. The van der Waals surface area contributed by atoms with Crippen LogP contribution in [0.25, 0.3) is 0 Å². The van der Waals surface area contributed by atoms with Crippen molar-refractivity contribution in [1.29, 1.82) is 0 Å². The molecule has 0 spiro atoms. The largest absolute Gasteiger partial charge is 0.389 e. The van der Waals surface area contributed by atoms with Gasteiger partial charge >= 0.3 is 0 Å². The third kappa shape index (κ3) is 5.08. The van der Waals surface area contributed by atoms with Crippen LogP contribution in [0.2, 0.25) is 0 Å². The minimum absolute atomic E-state index is 0.140. The van der Waals surface area contributed by atoms with E-state index in [1.807, 2.05) is 48.2 Å². The maximum absolute atomic E-state index is 10.4. The molecule has 4 heteroatoms. The smallest absolute Gasteiger partial charge is 0.108 e. The highest BCUT2D eigenvalue weighted by Gasteiger charge is 2.19. The van der Waals surface area contributed by atoms with Gasteiger partial charge in [-0.05, 0) is 11.1 Å². The molecule has 1 aliphatic rings. The van der Waals surface area contributed by atoms with E-state index in [9.17, 15) is 5.11 Å². The molecule has 1 saturated heterocycles. The molecule has 0 aliphatic carbocycles. The molecule has 1 heterocycles. The van der Waals surface area contributed by atoms with E-state index in [4.69, 9.17) is 4.74 Å². The maximum Gasteiger partial charge on any atom is 0.108 e. The van der Waals surface area contributed by atoms with Crippen molar-refractivity contribution in [2.75, 3.05) is 37.7 Å². The van der Waals surface area contributed by atoms with Gasteiger partial charge < -0.3 is 9.84 Å². The van der Waals surface area contributed by atoms with Crippen LogP contribution in [0.15, 0.2) is 60.7 Å². The van der Waals surface area contributed by atoms with Crippen molar-refractivity contribution in [3.63, 3.8) is 0 Å². The molecule has 1 aliphatic heterocycles. The molecular formula is C20H25NO2S. The quantitative estimate of drug-likeness (QED) is 0.837. The summed E-state index contributed by atoms with van der Waals surface area (Å²) in [5.41, 5.74) is 2.23. The predicted octanol–water partition coefficient (Wildman–Crippen LogP) is 3.20. The van der Waals surface area contributed by atoms with Crippen molar-refractivity contribution < 1.29 is 9.84 Å². The van der Waals surface area contributed by atoms with E-state index in [0.29, 0.717) is 13.2 Å². The lowest BCUT2D eigenvalue weighted by molar-refractivity contribution is -0.00723. The second-order valence-electron chi connectivity index (χ2n) is 6.10. The van der Waals surface area contributed by atoms with Gasteiger partial charge in [-0.25, -0.2) is 0 Å². The third-order valence-electron chi connectivity index (χ3n) is 4.23. The molecule has 1 fully saturated rings. The van der Waals surface area contributed by atoms with E-state index in [1.54, 1.807) is 0 Å². The molecule has 1 N–H and O–H groups in total. The van der Waals surface area contributed by atoms with E-state index in [0.717, 1.165) is 35.7 Å². The number of hydrogen-bond donors (Lipinski definition) is 1. The van der Waals surface area contributed by atoms with Crippen LogP contribution in [0.1, 0.15) is 17.2 Å². The molecule has 0 amide bonds. The molecule has 0 radical (unpaired) electrons. The molecule has 1 atom stereocenters. The van der Waals surface area contributed by atoms with Gasteiger partial charge in [-0.15, -0.1) is 0 Å². The van der Waals surface area contributed by atoms with Crippen molar-refractivity contribution in [3.05, 3.63) is 71.8 Å². The second kappa shape index (κ2) is 9.23. The summed E-state index contributed by atoms with van der Waals surface area (Å²) in [7, 11) is 0. The summed E-state index contributed by atoms with van der Waals surface area (Å²) in [6, 6.07) is 20.4. The number of nitrogens with zero attached hydrogens (tertiary/aromatic N) is 1. The van der Waals surface area contributed by atoms with Gasteiger partial charge in [0.2, 0.25) is 0 Å².